The molecule has 1 amide bonds. The molecule has 3 N–H and O–H groups in total. The van der Waals surface area contributed by atoms with Crippen molar-refractivity contribution in [2.75, 3.05) is 40.9 Å². The number of rotatable bonds is 49. The fourth-order valence-corrected chi connectivity index (χ4v) is 8.37. The van der Waals surface area contributed by atoms with E-state index in [0.29, 0.717) is 17.4 Å². The van der Waals surface area contributed by atoms with Crippen molar-refractivity contribution in [2.24, 2.45) is 0 Å². The van der Waals surface area contributed by atoms with Crippen molar-refractivity contribution < 1.29 is 32.9 Å². The van der Waals surface area contributed by atoms with Crippen LogP contribution < -0.4 is 5.32 Å². The van der Waals surface area contributed by atoms with E-state index in [1.54, 1.807) is 6.08 Å². The average molecular weight is 934 g/mol. The highest BCUT2D eigenvalue weighted by Gasteiger charge is 2.27. The smallest absolute Gasteiger partial charge is 0.387 e. The molecule has 0 saturated carbocycles. The number of carbonyl (C=O) groups excluding carboxylic acids is 1. The Labute approximate surface area is 402 Å². The van der Waals surface area contributed by atoms with Crippen LogP contribution in [0.3, 0.4) is 0 Å². The number of phosphoric acid groups is 1. The van der Waals surface area contributed by atoms with E-state index in [1.807, 2.05) is 27.2 Å². The Kier molecular flexibility index (Phi) is 46.0. The van der Waals surface area contributed by atoms with Crippen molar-refractivity contribution in [1.82, 2.24) is 5.32 Å². The number of carbonyl (C=O) groups is 1. The van der Waals surface area contributed by atoms with Crippen LogP contribution in [0.25, 0.3) is 0 Å². The van der Waals surface area contributed by atoms with E-state index in [-0.39, 0.29) is 19.1 Å². The van der Waals surface area contributed by atoms with Gasteiger partial charge in [0.1, 0.15) is 13.2 Å². The molecule has 0 bridgehead atoms. The number of amides is 1. The van der Waals surface area contributed by atoms with Gasteiger partial charge in [-0.3, -0.25) is 13.8 Å². The number of unbranched alkanes of at least 4 members (excludes halogenated alkanes) is 28. The second kappa shape index (κ2) is 47.3. The SMILES string of the molecule is CCCCCCCCCC/C=C/CC/C=C/CC/C=C/C(O)C(COP(=O)(O)OCC[N+](C)(C)C)NC(=O)CCCCCCCCCCC/C=C\C/C=C\CCCCCCCCCCC. The third kappa shape index (κ3) is 49.9. The molecule has 0 heterocycles. The maximum Gasteiger partial charge on any atom is 0.472 e. The first-order chi connectivity index (χ1) is 31.5. The molecule has 0 aliphatic rings. The van der Waals surface area contributed by atoms with E-state index in [4.69, 9.17) is 9.05 Å². The molecule has 0 fully saturated rings. The van der Waals surface area contributed by atoms with Gasteiger partial charge in [0, 0.05) is 6.42 Å². The Bertz CT molecular complexity index is 1240. The third-order valence-corrected chi connectivity index (χ3v) is 12.9. The van der Waals surface area contributed by atoms with Crippen molar-refractivity contribution in [1.29, 1.82) is 0 Å². The Morgan fingerprint density at radius 1 is 0.523 bits per heavy atom. The minimum atomic E-state index is -4.36. The summed E-state index contributed by atoms with van der Waals surface area (Å²) in [7, 11) is 1.54. The van der Waals surface area contributed by atoms with Gasteiger partial charge in [0.15, 0.2) is 0 Å². The number of hydrogen-bond acceptors (Lipinski definition) is 5. The van der Waals surface area contributed by atoms with Crippen molar-refractivity contribution in [3.8, 4) is 0 Å². The molecular formula is C56H106N2O6P+. The van der Waals surface area contributed by atoms with Crippen molar-refractivity contribution in [3.05, 3.63) is 60.8 Å². The number of allylic oxidation sites excluding steroid dienone is 9. The topological polar surface area (TPSA) is 105 Å². The maximum absolute atomic E-state index is 12.9. The van der Waals surface area contributed by atoms with E-state index in [1.165, 1.54) is 167 Å². The molecule has 3 unspecified atom stereocenters. The summed E-state index contributed by atoms with van der Waals surface area (Å²) in [4.78, 5) is 23.2. The first kappa shape index (κ1) is 63.2. The monoisotopic (exact) mass is 934 g/mol. The molecule has 380 valence electrons. The zero-order valence-corrected chi connectivity index (χ0v) is 44.1. The second-order valence-electron chi connectivity index (χ2n) is 19.6. The van der Waals surface area contributed by atoms with Gasteiger partial charge in [0.2, 0.25) is 5.91 Å². The molecule has 0 aromatic rings. The first-order valence-corrected chi connectivity index (χ1v) is 28.7. The Balaban J connectivity index is 4.32. The highest BCUT2D eigenvalue weighted by atomic mass is 31.2. The quantitative estimate of drug-likeness (QED) is 0.0243. The number of phosphoric ester groups is 1. The Morgan fingerprint density at radius 2 is 0.892 bits per heavy atom. The number of aliphatic hydroxyl groups excluding tert-OH is 1. The molecule has 0 aliphatic heterocycles. The maximum atomic E-state index is 12.9. The first-order valence-electron chi connectivity index (χ1n) is 27.2. The van der Waals surface area contributed by atoms with Crippen LogP contribution in [0.5, 0.6) is 0 Å². The van der Waals surface area contributed by atoms with Crippen LogP contribution in [-0.4, -0.2) is 73.4 Å². The minimum absolute atomic E-state index is 0.0508. The lowest BCUT2D eigenvalue weighted by atomic mass is 10.1. The van der Waals surface area contributed by atoms with Gasteiger partial charge in [0.25, 0.3) is 0 Å². The van der Waals surface area contributed by atoms with Crippen molar-refractivity contribution in [2.45, 2.75) is 251 Å². The third-order valence-electron chi connectivity index (χ3n) is 11.9. The number of likely N-dealkylation sites (N-methyl/N-ethyl adjacent to an activating group) is 1. The summed E-state index contributed by atoms with van der Waals surface area (Å²) in [5.74, 6) is -0.196. The van der Waals surface area contributed by atoms with E-state index >= 15 is 0 Å². The standard InChI is InChI=1S/C56H105N2O6P/c1-6-8-10-12-14-16-18-20-22-24-26-27-28-29-30-31-32-34-36-38-40-42-44-46-48-50-56(60)57-54(53-64-65(61,62)63-52-51-58(3,4)5)55(59)49-47-45-43-41-39-37-35-33-25-23-21-19-17-15-13-11-9-7-2/h25-27,29-30,33,39,41,47,49,54-55,59H,6-24,28,31-32,34-38,40,42-46,48,50-53H2,1-5H3,(H-,57,60,61,62)/p+1/b27-26-,30-29-,33-25+,41-39+,49-47+. The van der Waals surface area contributed by atoms with Crippen LogP contribution in [0, 0.1) is 0 Å². The minimum Gasteiger partial charge on any atom is -0.387 e. The van der Waals surface area contributed by atoms with E-state index in [2.05, 4.69) is 67.8 Å². The predicted molar refractivity (Wildman–Crippen MR) is 281 cm³/mol. The number of nitrogens with one attached hydrogen (secondary N) is 1. The molecule has 8 nitrogen and oxygen atoms in total. The van der Waals surface area contributed by atoms with E-state index < -0.39 is 20.0 Å². The number of nitrogens with zero attached hydrogens (tertiary/aromatic N) is 1. The summed E-state index contributed by atoms with van der Waals surface area (Å²) in [6, 6.07) is -0.874. The number of hydrogen-bond donors (Lipinski definition) is 3. The summed E-state index contributed by atoms with van der Waals surface area (Å²) < 4.78 is 23.6. The van der Waals surface area contributed by atoms with Crippen molar-refractivity contribution >= 4 is 13.7 Å². The van der Waals surface area contributed by atoms with Crippen LogP contribution in [0.2, 0.25) is 0 Å². The lowest BCUT2D eigenvalue weighted by Crippen LogP contribution is -2.45. The fourth-order valence-electron chi connectivity index (χ4n) is 7.63. The van der Waals surface area contributed by atoms with Crippen LogP contribution in [0.1, 0.15) is 239 Å². The Hall–Kier alpha value is -1.80. The molecule has 65 heavy (non-hydrogen) atoms. The lowest BCUT2D eigenvalue weighted by molar-refractivity contribution is -0.870. The lowest BCUT2D eigenvalue weighted by Gasteiger charge is -2.25. The van der Waals surface area contributed by atoms with Gasteiger partial charge < -0.3 is 19.8 Å². The predicted octanol–water partition coefficient (Wildman–Crippen LogP) is 16.1. The second-order valence-corrected chi connectivity index (χ2v) is 21.0. The molecule has 9 heteroatoms. The van der Waals surface area contributed by atoms with E-state index in [9.17, 15) is 19.4 Å². The fraction of sp³-hybridized carbons (Fsp3) is 0.804. The number of quaternary nitrogens is 1. The summed E-state index contributed by atoms with van der Waals surface area (Å²) in [6.45, 7) is 4.79. The van der Waals surface area contributed by atoms with Gasteiger partial charge in [-0.1, -0.05) is 216 Å². The van der Waals surface area contributed by atoms with Crippen LogP contribution >= 0.6 is 7.82 Å². The van der Waals surface area contributed by atoms with Gasteiger partial charge in [-0.05, 0) is 77.0 Å². The highest BCUT2D eigenvalue weighted by molar-refractivity contribution is 7.47. The van der Waals surface area contributed by atoms with Crippen LogP contribution in [0.15, 0.2) is 60.8 Å². The molecule has 0 aromatic heterocycles. The van der Waals surface area contributed by atoms with Gasteiger partial charge in [-0.2, -0.15) is 0 Å². The Morgan fingerprint density at radius 3 is 1.32 bits per heavy atom. The zero-order chi connectivity index (χ0) is 47.8. The molecule has 3 atom stereocenters. The summed E-state index contributed by atoms with van der Waals surface area (Å²) in [5.41, 5.74) is 0. The summed E-state index contributed by atoms with van der Waals surface area (Å²) >= 11 is 0. The molecule has 0 saturated heterocycles. The van der Waals surface area contributed by atoms with Gasteiger partial charge in [-0.15, -0.1) is 0 Å². The molecule has 0 aromatic carbocycles. The molecule has 0 spiro atoms. The molecule has 0 aliphatic carbocycles. The van der Waals surface area contributed by atoms with E-state index in [0.717, 1.165) is 51.4 Å². The average Bonchev–Trinajstić information content (AvgIpc) is 3.26. The number of aliphatic hydroxyl groups is 1. The van der Waals surface area contributed by atoms with Crippen LogP contribution in [0.4, 0.5) is 0 Å². The molecular weight excluding hydrogens is 828 g/mol. The largest absolute Gasteiger partial charge is 0.472 e. The molecule has 0 radical (unpaired) electrons. The summed E-state index contributed by atoms with van der Waals surface area (Å²) in [6.07, 6.45) is 63.1. The van der Waals surface area contributed by atoms with Crippen LogP contribution in [-0.2, 0) is 18.4 Å². The summed E-state index contributed by atoms with van der Waals surface area (Å²) in [5, 5.41) is 13.9. The normalized spacial score (nSPS) is 14.5. The van der Waals surface area contributed by atoms with Crippen molar-refractivity contribution in [3.63, 3.8) is 0 Å². The highest BCUT2D eigenvalue weighted by Crippen LogP contribution is 2.43. The van der Waals surface area contributed by atoms with Gasteiger partial charge in [0.05, 0.1) is 39.9 Å². The molecule has 0 rings (SSSR count). The zero-order valence-electron chi connectivity index (χ0n) is 43.2. The van der Waals surface area contributed by atoms with Gasteiger partial charge >= 0.3 is 7.82 Å². The van der Waals surface area contributed by atoms with Gasteiger partial charge in [-0.25, -0.2) is 4.57 Å².